The van der Waals surface area contributed by atoms with Gasteiger partial charge in [-0.1, -0.05) is 35.5 Å². The molecule has 3 aromatic heterocycles. The van der Waals surface area contributed by atoms with Gasteiger partial charge in [0.15, 0.2) is 6.33 Å². The second-order valence-corrected chi connectivity index (χ2v) is 8.31. The number of hydrogen-bond acceptors (Lipinski definition) is 10. The lowest BCUT2D eigenvalue weighted by atomic mass is 10.0. The van der Waals surface area contributed by atoms with Gasteiger partial charge in [-0.05, 0) is 19.4 Å². The van der Waals surface area contributed by atoms with E-state index in [1.165, 1.54) is 12.5 Å². The molecule has 1 amide bonds. The molecule has 0 saturated heterocycles. The lowest BCUT2D eigenvalue weighted by Crippen LogP contribution is -2.33. The molecule has 11 nitrogen and oxygen atoms in total. The van der Waals surface area contributed by atoms with Crippen molar-refractivity contribution in [3.8, 4) is 11.5 Å². The third kappa shape index (κ3) is 4.04. The van der Waals surface area contributed by atoms with E-state index >= 15 is 0 Å². The maximum Gasteiger partial charge on any atom is 0.261 e. The summed E-state index contributed by atoms with van der Waals surface area (Å²) in [6.07, 6.45) is 4.39. The van der Waals surface area contributed by atoms with E-state index in [9.17, 15) is 9.90 Å². The predicted octanol–water partition coefficient (Wildman–Crippen LogP) is 2.79. The summed E-state index contributed by atoms with van der Waals surface area (Å²) in [5.74, 6) is 0.835. The zero-order valence-corrected chi connectivity index (χ0v) is 18.5. The minimum absolute atomic E-state index is 0.136. The minimum Gasteiger partial charge on any atom is -0.394 e. The molecule has 172 valence electrons. The molecule has 4 heterocycles. The molecule has 0 bridgehead atoms. The Morgan fingerprint density at radius 3 is 2.65 bits per heavy atom. The summed E-state index contributed by atoms with van der Waals surface area (Å²) in [4.78, 5) is 29.5. The number of carbonyl (C=O) groups excluding carboxylic acids is 1. The largest absolute Gasteiger partial charge is 0.394 e. The zero-order chi connectivity index (χ0) is 23.7. The molecule has 34 heavy (non-hydrogen) atoms. The number of pyridine rings is 1. The molecule has 0 saturated carbocycles. The van der Waals surface area contributed by atoms with E-state index in [4.69, 9.17) is 4.52 Å². The summed E-state index contributed by atoms with van der Waals surface area (Å²) in [7, 11) is 0. The van der Waals surface area contributed by atoms with Crippen molar-refractivity contribution in [2.75, 3.05) is 17.2 Å². The Kier molecular flexibility index (Phi) is 5.38. The molecule has 1 aliphatic rings. The van der Waals surface area contributed by atoms with Crippen molar-refractivity contribution in [2.45, 2.75) is 25.4 Å². The van der Waals surface area contributed by atoms with Gasteiger partial charge < -0.3 is 25.6 Å². The SMILES string of the molecule is CC1(C)NC(=O)c2cnc(Nc3cc(N[C@H](CO)c4ccccc4)c(-c4ncno4)cn3)nc21. The number of aliphatic hydroxyl groups excluding tert-OH is 1. The van der Waals surface area contributed by atoms with Crippen LogP contribution in [0.25, 0.3) is 11.5 Å². The van der Waals surface area contributed by atoms with E-state index in [-0.39, 0.29) is 24.4 Å². The molecule has 0 aliphatic carbocycles. The number of nitrogens with one attached hydrogen (secondary N) is 3. The van der Waals surface area contributed by atoms with E-state index in [0.29, 0.717) is 34.3 Å². The predicted molar refractivity (Wildman–Crippen MR) is 123 cm³/mol. The van der Waals surface area contributed by atoms with Crippen LogP contribution in [-0.4, -0.2) is 42.7 Å². The minimum atomic E-state index is -0.599. The maximum atomic E-state index is 12.1. The molecule has 5 rings (SSSR count). The van der Waals surface area contributed by atoms with Crippen molar-refractivity contribution in [1.82, 2.24) is 30.4 Å². The van der Waals surface area contributed by atoms with E-state index < -0.39 is 5.54 Å². The maximum absolute atomic E-state index is 12.1. The van der Waals surface area contributed by atoms with Crippen molar-refractivity contribution in [1.29, 1.82) is 0 Å². The highest BCUT2D eigenvalue weighted by atomic mass is 16.5. The van der Waals surface area contributed by atoms with Gasteiger partial charge >= 0.3 is 0 Å². The Hall–Kier alpha value is -4.38. The Morgan fingerprint density at radius 2 is 1.91 bits per heavy atom. The van der Waals surface area contributed by atoms with Crippen LogP contribution in [0.4, 0.5) is 17.5 Å². The number of benzene rings is 1. The van der Waals surface area contributed by atoms with E-state index in [1.807, 2.05) is 44.2 Å². The number of anilines is 3. The third-order valence-electron chi connectivity index (χ3n) is 5.50. The van der Waals surface area contributed by atoms with Crippen LogP contribution < -0.4 is 16.0 Å². The number of fused-ring (bicyclic) bond motifs is 1. The second kappa shape index (κ2) is 8.52. The summed E-state index contributed by atoms with van der Waals surface area (Å²) in [5.41, 5.74) is 2.56. The molecule has 0 fully saturated rings. The van der Waals surface area contributed by atoms with Gasteiger partial charge in [0.1, 0.15) is 5.82 Å². The number of aliphatic hydroxyl groups is 1. The molecule has 4 N–H and O–H groups in total. The lowest BCUT2D eigenvalue weighted by molar-refractivity contribution is 0.0940. The van der Waals surface area contributed by atoms with Crippen molar-refractivity contribution >= 4 is 23.4 Å². The van der Waals surface area contributed by atoms with Gasteiger partial charge in [-0.25, -0.2) is 15.0 Å². The monoisotopic (exact) mass is 458 g/mol. The molecule has 11 heteroatoms. The van der Waals surface area contributed by atoms with Crippen molar-refractivity contribution < 1.29 is 14.4 Å². The molecule has 4 aromatic rings. The highest BCUT2D eigenvalue weighted by Crippen LogP contribution is 2.32. The Labute approximate surface area is 194 Å². The topological polar surface area (TPSA) is 151 Å². The summed E-state index contributed by atoms with van der Waals surface area (Å²) >= 11 is 0. The van der Waals surface area contributed by atoms with Crippen LogP contribution in [0.3, 0.4) is 0 Å². The van der Waals surface area contributed by atoms with Crippen molar-refractivity contribution in [3.63, 3.8) is 0 Å². The molecular formula is C23H22N8O3. The molecule has 1 aliphatic heterocycles. The van der Waals surface area contributed by atoms with Gasteiger partial charge in [0.05, 0.1) is 40.7 Å². The number of aromatic nitrogens is 5. The molecule has 1 aromatic carbocycles. The van der Waals surface area contributed by atoms with Crippen LogP contribution in [0.15, 0.2) is 59.6 Å². The quantitative estimate of drug-likeness (QED) is 0.325. The molecule has 1 atom stereocenters. The van der Waals surface area contributed by atoms with Crippen molar-refractivity contribution in [2.24, 2.45) is 0 Å². The molecular weight excluding hydrogens is 436 g/mol. The summed E-state index contributed by atoms with van der Waals surface area (Å²) in [6.45, 7) is 3.62. The molecule has 0 unspecified atom stereocenters. The van der Waals surface area contributed by atoms with Gasteiger partial charge in [-0.15, -0.1) is 0 Å². The van der Waals surface area contributed by atoms with Gasteiger partial charge in [-0.2, -0.15) is 4.98 Å². The Bertz CT molecular complexity index is 1330. The van der Waals surface area contributed by atoms with Crippen LogP contribution in [0.5, 0.6) is 0 Å². The first-order chi connectivity index (χ1) is 16.4. The first-order valence-corrected chi connectivity index (χ1v) is 10.6. The third-order valence-corrected chi connectivity index (χ3v) is 5.50. The van der Waals surface area contributed by atoms with Crippen LogP contribution in [0.2, 0.25) is 0 Å². The highest BCUT2D eigenvalue weighted by molar-refractivity contribution is 5.99. The van der Waals surface area contributed by atoms with E-state index in [1.54, 1.807) is 12.3 Å². The number of hydrogen-bond donors (Lipinski definition) is 4. The highest BCUT2D eigenvalue weighted by Gasteiger charge is 2.37. The van der Waals surface area contributed by atoms with Gasteiger partial charge in [0.2, 0.25) is 5.95 Å². The van der Waals surface area contributed by atoms with Crippen LogP contribution in [-0.2, 0) is 5.54 Å². The standard InChI is InChI=1S/C23H22N8O3/c1-23(2)19-15(20(33)31-23)10-25-22(30-19)29-18-8-16(14(9-24-18)21-26-12-27-34-21)28-17(11-32)13-6-4-3-5-7-13/h3-10,12,17,32H,11H2,1-2H3,(H,31,33)(H2,24,25,28,29,30)/t17-/m1/s1. The molecule has 0 spiro atoms. The van der Waals surface area contributed by atoms with Crippen LogP contribution in [0.1, 0.15) is 41.5 Å². The lowest BCUT2D eigenvalue weighted by Gasteiger charge is -2.20. The number of nitrogens with zero attached hydrogens (tertiary/aromatic N) is 5. The van der Waals surface area contributed by atoms with Gasteiger partial charge in [0.25, 0.3) is 11.8 Å². The summed E-state index contributed by atoms with van der Waals surface area (Å²) in [6, 6.07) is 10.9. The fourth-order valence-corrected chi connectivity index (χ4v) is 3.82. The normalized spacial score (nSPS) is 14.9. The number of carbonyl (C=O) groups is 1. The average Bonchev–Trinajstić information content (AvgIpc) is 3.44. The summed E-state index contributed by atoms with van der Waals surface area (Å²) in [5, 5.41) is 23.0. The Morgan fingerprint density at radius 1 is 1.12 bits per heavy atom. The van der Waals surface area contributed by atoms with Crippen LogP contribution >= 0.6 is 0 Å². The zero-order valence-electron chi connectivity index (χ0n) is 18.5. The van der Waals surface area contributed by atoms with Gasteiger partial charge in [-0.3, -0.25) is 4.79 Å². The fraction of sp³-hybridized carbons (Fsp3) is 0.217. The Balaban J connectivity index is 1.48. The van der Waals surface area contributed by atoms with Crippen LogP contribution in [0, 0.1) is 0 Å². The van der Waals surface area contributed by atoms with Gasteiger partial charge in [0, 0.05) is 18.5 Å². The molecule has 0 radical (unpaired) electrons. The first-order valence-electron chi connectivity index (χ1n) is 10.6. The number of amides is 1. The average molecular weight is 458 g/mol. The van der Waals surface area contributed by atoms with Crippen molar-refractivity contribution in [3.05, 3.63) is 71.9 Å². The first kappa shape index (κ1) is 21.5. The summed E-state index contributed by atoms with van der Waals surface area (Å²) < 4.78 is 5.24. The fourth-order valence-electron chi connectivity index (χ4n) is 3.82. The second-order valence-electron chi connectivity index (χ2n) is 8.31. The van der Waals surface area contributed by atoms with E-state index in [2.05, 4.69) is 41.0 Å². The smallest absolute Gasteiger partial charge is 0.261 e. The number of rotatable bonds is 7. The van der Waals surface area contributed by atoms with E-state index in [0.717, 1.165) is 5.56 Å².